The first kappa shape index (κ1) is 7.51. The van der Waals surface area contributed by atoms with Gasteiger partial charge in [-0.3, -0.25) is 0 Å². The van der Waals surface area contributed by atoms with Crippen LogP contribution in [0.5, 0.6) is 0 Å². The number of rotatable bonds is 3. The summed E-state index contributed by atoms with van der Waals surface area (Å²) in [6.07, 6.45) is 0. The van der Waals surface area contributed by atoms with E-state index in [0.717, 1.165) is 0 Å². The molecule has 0 radical (unpaired) electrons. The number of aliphatic hydroxyl groups excluding tert-OH is 1. The van der Waals surface area contributed by atoms with Crippen molar-refractivity contribution >= 4 is 10.0 Å². The molecule has 0 unspecified atom stereocenters. The van der Waals surface area contributed by atoms with Gasteiger partial charge in [-0.05, 0) is 0 Å². The third kappa shape index (κ3) is 2.64. The molecule has 0 bridgehead atoms. The molecule has 0 aromatic rings. The highest BCUT2D eigenvalue weighted by Crippen LogP contribution is 1.84. The highest BCUT2D eigenvalue weighted by molar-refractivity contribution is 7.89. The fraction of sp³-hybridized carbons (Fsp3) is 1.00. The Morgan fingerprint density at radius 3 is 2.25 bits per heavy atom. The Morgan fingerprint density at radius 1 is 1.62 bits per heavy atom. The summed E-state index contributed by atoms with van der Waals surface area (Å²) in [5.74, 6) is -0.399. The molecule has 0 aromatic carbocycles. The van der Waals surface area contributed by atoms with Gasteiger partial charge in [-0.25, -0.2) is 0 Å². The van der Waals surface area contributed by atoms with E-state index in [2.05, 4.69) is 10.1 Å². The summed E-state index contributed by atoms with van der Waals surface area (Å²) in [4.78, 5) is 0. The molecular weight excluding hydrogens is 132 g/mol. The predicted octanol–water partition coefficient (Wildman–Crippen LogP) is -2.48. The highest BCUT2D eigenvalue weighted by atomic mass is 32.2. The Bertz CT molecular complexity index is 160. The minimum atomic E-state index is -3.52. The molecule has 0 fully saturated rings. The summed E-state index contributed by atoms with van der Waals surface area (Å²) in [5.41, 5.74) is 4.42. The van der Waals surface area contributed by atoms with Crippen LogP contribution in [0.25, 0.3) is 0 Å². The third-order valence-electron chi connectivity index (χ3n) is 0.510. The molecule has 0 aliphatic rings. The lowest BCUT2D eigenvalue weighted by molar-refractivity contribution is -0.203. The molecule has 3 N–H and O–H groups in total. The van der Waals surface area contributed by atoms with Gasteiger partial charge in [-0.15, -0.1) is 5.53 Å². The molecule has 6 heteroatoms. The van der Waals surface area contributed by atoms with Gasteiger partial charge in [-0.1, -0.05) is 0 Å². The van der Waals surface area contributed by atoms with E-state index in [1.807, 2.05) is 0 Å². The summed E-state index contributed by atoms with van der Waals surface area (Å²) >= 11 is 0. The molecule has 48 valence electrons. The van der Waals surface area contributed by atoms with Crippen LogP contribution in [0.4, 0.5) is 0 Å². The molecule has 0 rings (SSSR count). The lowest BCUT2D eigenvalue weighted by Gasteiger charge is -1.83. The summed E-state index contributed by atoms with van der Waals surface area (Å²) in [6, 6.07) is 0. The van der Waals surface area contributed by atoms with E-state index in [4.69, 9.17) is 5.11 Å². The molecule has 0 aliphatic heterocycles. The van der Waals surface area contributed by atoms with Gasteiger partial charge in [0.25, 0.3) is 0 Å². The van der Waals surface area contributed by atoms with Crippen LogP contribution < -0.4 is 5.53 Å². The normalized spacial score (nSPS) is 11.1. The van der Waals surface area contributed by atoms with Crippen LogP contribution in [0.2, 0.25) is 0 Å². The van der Waals surface area contributed by atoms with E-state index >= 15 is 0 Å². The van der Waals surface area contributed by atoms with Crippen LogP contribution in [0.3, 0.4) is 0 Å². The Balaban J connectivity index is 3.95. The van der Waals surface area contributed by atoms with Crippen LogP contribution in [-0.4, -0.2) is 25.9 Å². The zero-order chi connectivity index (χ0) is 6.62. The van der Waals surface area contributed by atoms with E-state index in [1.54, 1.807) is 0 Å². The van der Waals surface area contributed by atoms with E-state index in [9.17, 15) is 8.42 Å². The largest absolute Gasteiger partial charge is 0.395 e. The molecule has 0 aromatic heterocycles. The second kappa shape index (κ2) is 2.73. The first-order valence-corrected chi connectivity index (χ1v) is 3.49. The van der Waals surface area contributed by atoms with Crippen LogP contribution in [-0.2, 0) is 10.0 Å². The fourth-order valence-electron chi connectivity index (χ4n) is 0.168. The van der Waals surface area contributed by atoms with E-state index in [-0.39, 0.29) is 0 Å². The summed E-state index contributed by atoms with van der Waals surface area (Å²) in [6.45, 7) is -0.441. The maximum Gasteiger partial charge on any atom is 0.308 e. The standard InChI is InChI=1S/C2H6N2O3S/c3-4-8(6,7)2-1-5/h3,5H,1-2H2/p+1. The number of nitrogens with zero attached hydrogens (tertiary/aromatic N) is 1. The molecule has 0 saturated heterocycles. The number of hydrogen-bond donors (Lipinski definition) is 2. The van der Waals surface area contributed by atoms with Gasteiger partial charge in [0, 0.05) is 0 Å². The van der Waals surface area contributed by atoms with E-state index in [1.165, 1.54) is 0 Å². The van der Waals surface area contributed by atoms with Crippen LogP contribution in [0.1, 0.15) is 0 Å². The third-order valence-corrected chi connectivity index (χ3v) is 1.53. The van der Waals surface area contributed by atoms with Gasteiger partial charge in [-0.2, -0.15) is 8.42 Å². The smallest absolute Gasteiger partial charge is 0.308 e. The average Bonchev–Trinajstić information content (AvgIpc) is 1.67. The van der Waals surface area contributed by atoms with E-state index < -0.39 is 22.4 Å². The van der Waals surface area contributed by atoms with Crippen molar-refractivity contribution in [2.45, 2.75) is 0 Å². The maximum atomic E-state index is 10.1. The zero-order valence-electron chi connectivity index (χ0n) is 4.11. The second-order valence-electron chi connectivity index (χ2n) is 1.12. The number of hydrogen-bond acceptors (Lipinski definition) is 3. The number of aliphatic hydroxyl groups is 1. The van der Waals surface area contributed by atoms with Crippen molar-refractivity contribution in [3.63, 3.8) is 0 Å². The molecule has 0 spiro atoms. The maximum absolute atomic E-state index is 10.1. The Kier molecular flexibility index (Phi) is 2.56. The van der Waals surface area contributed by atoms with Crippen molar-refractivity contribution in [1.29, 1.82) is 0 Å². The lowest BCUT2D eigenvalue weighted by atomic mass is 10.9. The van der Waals surface area contributed by atoms with Gasteiger partial charge in [0.15, 0.2) is 0 Å². The Hall–Kier alpha value is -0.490. The van der Waals surface area contributed by atoms with E-state index in [0.29, 0.717) is 0 Å². The molecule has 5 nitrogen and oxygen atoms in total. The zero-order valence-corrected chi connectivity index (χ0v) is 4.93. The summed E-state index contributed by atoms with van der Waals surface area (Å²) < 4.78 is 22.8. The quantitative estimate of drug-likeness (QED) is 0.424. The molecule has 0 atom stereocenters. The second-order valence-corrected chi connectivity index (χ2v) is 2.90. The average molecular weight is 139 g/mol. The van der Waals surface area contributed by atoms with Crippen molar-refractivity contribution in [2.75, 3.05) is 12.4 Å². The van der Waals surface area contributed by atoms with Crippen molar-refractivity contribution in [3.05, 3.63) is 0 Å². The predicted molar refractivity (Wildman–Crippen MR) is 25.2 cm³/mol. The van der Waals surface area contributed by atoms with Crippen LogP contribution >= 0.6 is 0 Å². The number of sulfonamides is 1. The van der Waals surface area contributed by atoms with Gasteiger partial charge in [0.05, 0.1) is 16.9 Å². The molecule has 0 aliphatic carbocycles. The Labute approximate surface area is 46.9 Å². The lowest BCUT2D eigenvalue weighted by Crippen LogP contribution is -2.28. The van der Waals surface area contributed by atoms with Crippen molar-refractivity contribution in [3.8, 4) is 0 Å². The Morgan fingerprint density at radius 2 is 2.12 bits per heavy atom. The first-order valence-electron chi connectivity index (χ1n) is 1.88. The first-order chi connectivity index (χ1) is 3.62. The van der Waals surface area contributed by atoms with Crippen LogP contribution in [0, 0.1) is 0 Å². The molecular formula is C2H7N2O3S+. The van der Waals surface area contributed by atoms with Crippen molar-refractivity contribution in [1.82, 2.24) is 0 Å². The van der Waals surface area contributed by atoms with Gasteiger partial charge < -0.3 is 5.11 Å². The molecule has 8 heavy (non-hydrogen) atoms. The topological polar surface area (TPSA) is 92.3 Å². The minimum Gasteiger partial charge on any atom is -0.395 e. The SMILES string of the molecule is [NH2+]=NS(=O)(=O)CCO. The molecule has 0 heterocycles. The minimum absolute atomic E-state index is 0.399. The van der Waals surface area contributed by atoms with Crippen molar-refractivity contribution in [2.24, 2.45) is 4.52 Å². The van der Waals surface area contributed by atoms with Crippen LogP contribution in [0.15, 0.2) is 4.52 Å². The summed E-state index contributed by atoms with van der Waals surface area (Å²) in [5, 5.41) is 8.04. The monoisotopic (exact) mass is 139 g/mol. The fourth-order valence-corrected chi connectivity index (χ4v) is 0.504. The van der Waals surface area contributed by atoms with Gasteiger partial charge in [0.1, 0.15) is 0 Å². The molecule has 0 amide bonds. The molecule has 0 saturated carbocycles. The van der Waals surface area contributed by atoms with Gasteiger partial charge >= 0.3 is 10.0 Å². The van der Waals surface area contributed by atoms with Gasteiger partial charge in [0.2, 0.25) is 0 Å². The summed E-state index contributed by atoms with van der Waals surface area (Å²) in [7, 11) is -3.52. The highest BCUT2D eigenvalue weighted by Gasteiger charge is 2.07. The number of nitrogens with two attached hydrogens (primary N) is 1. The van der Waals surface area contributed by atoms with Crippen molar-refractivity contribution < 1.29 is 19.1 Å².